The predicted molar refractivity (Wildman–Crippen MR) is 46.9 cm³/mol. The average Bonchev–Trinajstić information content (AvgIpc) is 2.24. The molecule has 0 aliphatic carbocycles. The molecule has 0 saturated carbocycles. The van der Waals surface area contributed by atoms with Crippen molar-refractivity contribution < 1.29 is 52.7 Å². The summed E-state index contributed by atoms with van der Waals surface area (Å²) >= 11 is 0. The van der Waals surface area contributed by atoms with Gasteiger partial charge in [-0.05, 0) is 13.8 Å². The zero-order chi connectivity index (χ0) is 17.8. The summed E-state index contributed by atoms with van der Waals surface area (Å²) in [7, 11) is 0. The molecular formula is C9H6F12. The van der Waals surface area contributed by atoms with Crippen LogP contribution in [0.4, 0.5) is 52.7 Å². The van der Waals surface area contributed by atoms with Crippen LogP contribution in [-0.2, 0) is 0 Å². The molecule has 21 heavy (non-hydrogen) atoms. The molecule has 0 rings (SSSR count). The van der Waals surface area contributed by atoms with Gasteiger partial charge in [-0.2, -0.15) is 39.5 Å². The van der Waals surface area contributed by atoms with Gasteiger partial charge in [0.05, 0.1) is 0 Å². The standard InChI is InChI=1S/C6H3F9.C3H3F3/c1-4(9,6(13,14)15)2(7)3(8)5(10,11)12;1-2(4)3(5)6/h1H3;1H3/b3-2+;. The topological polar surface area (TPSA) is 0 Å². The van der Waals surface area contributed by atoms with E-state index in [-0.39, 0.29) is 0 Å². The summed E-state index contributed by atoms with van der Waals surface area (Å²) < 4.78 is 138. The number of allylic oxidation sites excluding steroid dienone is 3. The molecule has 1 atom stereocenters. The highest BCUT2D eigenvalue weighted by atomic mass is 19.4. The molecule has 0 fully saturated rings. The van der Waals surface area contributed by atoms with Crippen LogP contribution >= 0.6 is 0 Å². The van der Waals surface area contributed by atoms with Gasteiger partial charge < -0.3 is 0 Å². The van der Waals surface area contributed by atoms with E-state index < -0.39 is 48.5 Å². The Labute approximate surface area is 109 Å². The first-order chi connectivity index (χ1) is 8.96. The van der Waals surface area contributed by atoms with E-state index in [1.54, 1.807) is 0 Å². The Balaban J connectivity index is 0. The smallest absolute Gasteiger partial charge is 0.226 e. The summed E-state index contributed by atoms with van der Waals surface area (Å²) in [6.07, 6.45) is -14.2. The highest BCUT2D eigenvalue weighted by molar-refractivity contribution is 5.18. The summed E-state index contributed by atoms with van der Waals surface area (Å²) in [5.41, 5.74) is -5.01. The molecule has 0 aromatic carbocycles. The zero-order valence-corrected chi connectivity index (χ0v) is 10.0. The second-order valence-electron chi connectivity index (χ2n) is 3.42. The summed E-state index contributed by atoms with van der Waals surface area (Å²) in [6, 6.07) is 0. The molecular weight excluding hydrogens is 336 g/mol. The van der Waals surface area contributed by atoms with Crippen molar-refractivity contribution in [3.8, 4) is 0 Å². The Kier molecular flexibility index (Phi) is 7.38. The molecule has 1 unspecified atom stereocenters. The van der Waals surface area contributed by atoms with Gasteiger partial charge in [0.1, 0.15) is 0 Å². The Morgan fingerprint density at radius 3 is 1.10 bits per heavy atom. The van der Waals surface area contributed by atoms with Crippen LogP contribution in [0.1, 0.15) is 13.8 Å². The quantitative estimate of drug-likeness (QED) is 0.507. The van der Waals surface area contributed by atoms with Crippen molar-refractivity contribution in [3.63, 3.8) is 0 Å². The predicted octanol–water partition coefficient (Wildman–Crippen LogP) is 6.07. The number of hydrogen-bond donors (Lipinski definition) is 0. The maximum absolute atomic E-state index is 12.5. The van der Waals surface area contributed by atoms with Crippen molar-refractivity contribution in [3.05, 3.63) is 23.6 Å². The van der Waals surface area contributed by atoms with Crippen LogP contribution in [0.2, 0.25) is 0 Å². The molecule has 0 nitrogen and oxygen atoms in total. The molecule has 0 bridgehead atoms. The number of alkyl halides is 7. The van der Waals surface area contributed by atoms with Gasteiger partial charge in [0.15, 0.2) is 11.7 Å². The van der Waals surface area contributed by atoms with Gasteiger partial charge in [-0.1, -0.05) is 0 Å². The summed E-state index contributed by atoms with van der Waals surface area (Å²) in [5, 5.41) is 0. The maximum atomic E-state index is 12.5. The Morgan fingerprint density at radius 1 is 0.667 bits per heavy atom. The third kappa shape index (κ3) is 6.76. The monoisotopic (exact) mass is 342 g/mol. The van der Waals surface area contributed by atoms with Gasteiger partial charge in [-0.3, -0.25) is 0 Å². The van der Waals surface area contributed by atoms with Crippen molar-refractivity contribution in [2.24, 2.45) is 0 Å². The Bertz CT molecular complexity index is 389. The third-order valence-electron chi connectivity index (χ3n) is 1.65. The second kappa shape index (κ2) is 7.07. The first kappa shape index (κ1) is 21.9. The van der Waals surface area contributed by atoms with Crippen LogP contribution in [0.5, 0.6) is 0 Å². The number of rotatable bonds is 1. The van der Waals surface area contributed by atoms with E-state index in [4.69, 9.17) is 0 Å². The molecule has 0 spiro atoms. The van der Waals surface area contributed by atoms with E-state index in [0.29, 0.717) is 6.92 Å². The lowest BCUT2D eigenvalue weighted by Crippen LogP contribution is -2.39. The van der Waals surface area contributed by atoms with Crippen molar-refractivity contribution in [2.45, 2.75) is 31.9 Å². The lowest BCUT2D eigenvalue weighted by Gasteiger charge is -2.22. The Morgan fingerprint density at radius 2 is 0.952 bits per heavy atom. The molecule has 0 N–H and O–H groups in total. The molecule has 0 saturated heterocycles. The van der Waals surface area contributed by atoms with E-state index in [1.807, 2.05) is 0 Å². The molecule has 0 radical (unpaired) electrons. The number of hydrogen-bond acceptors (Lipinski definition) is 0. The molecule has 0 amide bonds. The van der Waals surface area contributed by atoms with Gasteiger partial charge in [0.25, 0.3) is 5.67 Å². The minimum absolute atomic E-state index is 0.548. The highest BCUT2D eigenvalue weighted by Crippen LogP contribution is 2.44. The lowest BCUT2D eigenvalue weighted by molar-refractivity contribution is -0.217. The van der Waals surface area contributed by atoms with Crippen LogP contribution in [0.15, 0.2) is 23.6 Å². The normalized spacial score (nSPS) is 16.3. The van der Waals surface area contributed by atoms with Crippen molar-refractivity contribution in [1.82, 2.24) is 0 Å². The van der Waals surface area contributed by atoms with E-state index in [0.717, 1.165) is 0 Å². The minimum atomic E-state index is -6.00. The van der Waals surface area contributed by atoms with Crippen LogP contribution in [-0.4, -0.2) is 18.0 Å². The van der Waals surface area contributed by atoms with Gasteiger partial charge in [-0.25, -0.2) is 13.2 Å². The molecule has 0 heterocycles. The fourth-order valence-electron chi connectivity index (χ4n) is 0.455. The second-order valence-corrected chi connectivity index (χ2v) is 3.42. The van der Waals surface area contributed by atoms with E-state index in [9.17, 15) is 52.7 Å². The summed E-state index contributed by atoms with van der Waals surface area (Å²) in [4.78, 5) is 0. The van der Waals surface area contributed by atoms with Crippen LogP contribution < -0.4 is 0 Å². The molecule has 12 heteroatoms. The first-order valence-electron chi connectivity index (χ1n) is 4.52. The molecule has 0 aliphatic rings. The van der Waals surface area contributed by atoms with Gasteiger partial charge >= 0.3 is 18.4 Å². The van der Waals surface area contributed by atoms with Crippen LogP contribution in [0.3, 0.4) is 0 Å². The highest BCUT2D eigenvalue weighted by Gasteiger charge is 2.59. The molecule has 126 valence electrons. The third-order valence-corrected chi connectivity index (χ3v) is 1.65. The van der Waals surface area contributed by atoms with Crippen LogP contribution in [0, 0.1) is 0 Å². The SMILES string of the molecule is CC(F)(/C(F)=C(\F)C(F)(F)F)C(F)(F)F.CC(F)=C(F)F. The molecule has 0 aliphatic heterocycles. The molecule has 0 aromatic rings. The minimum Gasteiger partial charge on any atom is -0.226 e. The Hall–Kier alpha value is -1.36. The van der Waals surface area contributed by atoms with E-state index >= 15 is 0 Å². The summed E-state index contributed by atoms with van der Waals surface area (Å²) in [5.74, 6) is -8.68. The van der Waals surface area contributed by atoms with Gasteiger partial charge in [0, 0.05) is 0 Å². The number of halogens is 12. The summed E-state index contributed by atoms with van der Waals surface area (Å²) in [6.45, 7) is 0.156. The van der Waals surface area contributed by atoms with Crippen molar-refractivity contribution >= 4 is 0 Å². The van der Waals surface area contributed by atoms with E-state index in [2.05, 4.69) is 0 Å². The average molecular weight is 342 g/mol. The zero-order valence-electron chi connectivity index (χ0n) is 10.0. The fourth-order valence-corrected chi connectivity index (χ4v) is 0.455. The fraction of sp³-hybridized carbons (Fsp3) is 0.556. The van der Waals surface area contributed by atoms with Crippen molar-refractivity contribution in [1.29, 1.82) is 0 Å². The first-order valence-corrected chi connectivity index (χ1v) is 4.52. The van der Waals surface area contributed by atoms with E-state index in [1.165, 1.54) is 0 Å². The lowest BCUT2D eigenvalue weighted by atomic mass is 10.1. The molecule has 0 aromatic heterocycles. The maximum Gasteiger partial charge on any atom is 0.445 e. The van der Waals surface area contributed by atoms with Crippen LogP contribution in [0.25, 0.3) is 0 Å². The largest absolute Gasteiger partial charge is 0.445 e. The van der Waals surface area contributed by atoms with Gasteiger partial charge in [0.2, 0.25) is 5.83 Å². The van der Waals surface area contributed by atoms with Gasteiger partial charge in [-0.15, -0.1) is 0 Å². The van der Waals surface area contributed by atoms with Crippen molar-refractivity contribution in [2.75, 3.05) is 0 Å².